The first-order valence-electron chi connectivity index (χ1n) is 10.3. The third-order valence-electron chi connectivity index (χ3n) is 5.72. The Morgan fingerprint density at radius 2 is 1.89 bits per heavy atom. The maximum Gasteiger partial charge on any atom is 0.393 e. The van der Waals surface area contributed by atoms with E-state index in [1.54, 1.807) is 0 Å². The molecule has 4 heterocycles. The first-order chi connectivity index (χ1) is 16.6. The van der Waals surface area contributed by atoms with Crippen LogP contribution < -0.4 is 10.2 Å². The highest BCUT2D eigenvalue weighted by Crippen LogP contribution is 2.35. The molecule has 0 aliphatic carbocycles. The van der Waals surface area contributed by atoms with Gasteiger partial charge in [0, 0.05) is 36.8 Å². The van der Waals surface area contributed by atoms with E-state index in [2.05, 4.69) is 25.6 Å². The van der Waals surface area contributed by atoms with Crippen molar-refractivity contribution in [2.24, 2.45) is 5.92 Å². The van der Waals surface area contributed by atoms with Crippen molar-refractivity contribution in [1.29, 1.82) is 0 Å². The second-order valence-corrected chi connectivity index (χ2v) is 7.99. The molecule has 8 nitrogen and oxygen atoms in total. The highest BCUT2D eigenvalue weighted by atomic mass is 19.4. The lowest BCUT2D eigenvalue weighted by molar-refractivity contribution is -0.168. The molecule has 14 heteroatoms. The van der Waals surface area contributed by atoms with Crippen molar-refractivity contribution in [3.8, 4) is 5.69 Å². The highest BCUT2D eigenvalue weighted by molar-refractivity contribution is 6.07. The second-order valence-electron chi connectivity index (χ2n) is 7.99. The van der Waals surface area contributed by atoms with Crippen LogP contribution in [0, 0.1) is 23.4 Å². The number of halogens is 6. The average molecular weight is 495 g/mol. The number of aromatic amines is 1. The molecule has 5 rings (SSSR count). The van der Waals surface area contributed by atoms with Crippen molar-refractivity contribution in [2.75, 3.05) is 23.3 Å². The molecule has 1 aromatic carbocycles. The van der Waals surface area contributed by atoms with E-state index in [0.29, 0.717) is 0 Å². The molecule has 0 bridgehead atoms. The van der Waals surface area contributed by atoms with E-state index in [1.807, 2.05) is 0 Å². The average Bonchev–Trinajstić information content (AvgIpc) is 3.54. The van der Waals surface area contributed by atoms with Gasteiger partial charge in [-0.05, 0) is 12.5 Å². The van der Waals surface area contributed by atoms with Gasteiger partial charge in [0.1, 0.15) is 0 Å². The molecule has 0 radical (unpaired) electrons. The molecule has 1 saturated heterocycles. The van der Waals surface area contributed by atoms with Crippen molar-refractivity contribution in [1.82, 2.24) is 25.0 Å². The summed E-state index contributed by atoms with van der Waals surface area (Å²) in [6, 6.07) is 2.91. The SMILES string of the molecule is O=C(Nc1c[nH]c2cc(F)c(F)cc12)c1cn(-c2cnc(N3CC[C@H](C(F)(F)F)C3)c(F)c2)nn1. The molecule has 1 atom stereocenters. The van der Waals surface area contributed by atoms with Crippen LogP contribution >= 0.6 is 0 Å². The van der Waals surface area contributed by atoms with Gasteiger partial charge in [-0.2, -0.15) is 13.2 Å². The summed E-state index contributed by atoms with van der Waals surface area (Å²) in [7, 11) is 0. The lowest BCUT2D eigenvalue weighted by atomic mass is 10.1. The topological polar surface area (TPSA) is 91.7 Å². The van der Waals surface area contributed by atoms with Gasteiger partial charge in [0.05, 0.1) is 35.2 Å². The Balaban J connectivity index is 1.32. The summed E-state index contributed by atoms with van der Waals surface area (Å²) in [6.07, 6.45) is -0.764. The number of pyridine rings is 1. The van der Waals surface area contributed by atoms with E-state index in [-0.39, 0.29) is 53.3 Å². The number of aromatic nitrogens is 5. The molecule has 3 aromatic heterocycles. The standard InChI is InChI=1S/C21H15F6N7O/c22-13-4-12-16(5-14(13)23)28-7-17(12)30-20(35)18-9-34(32-31-18)11-3-15(24)19(29-6-11)33-2-1-10(8-33)21(25,26)27/h3-7,9-10,28H,1-2,8H2,(H,30,35)/t10-/m0/s1. The number of nitrogens with one attached hydrogen (secondary N) is 2. The van der Waals surface area contributed by atoms with E-state index in [9.17, 15) is 31.1 Å². The molecular weight excluding hydrogens is 480 g/mol. The van der Waals surface area contributed by atoms with Gasteiger partial charge in [-0.15, -0.1) is 5.10 Å². The zero-order valence-electron chi connectivity index (χ0n) is 17.6. The van der Waals surface area contributed by atoms with Crippen LogP contribution in [0.3, 0.4) is 0 Å². The minimum Gasteiger partial charge on any atom is -0.359 e. The highest BCUT2D eigenvalue weighted by Gasteiger charge is 2.44. The molecule has 0 spiro atoms. The number of H-pyrrole nitrogens is 1. The Morgan fingerprint density at radius 1 is 1.11 bits per heavy atom. The molecule has 1 aliphatic rings. The Morgan fingerprint density at radius 3 is 2.60 bits per heavy atom. The summed E-state index contributed by atoms with van der Waals surface area (Å²) < 4.78 is 81.4. The van der Waals surface area contributed by atoms with Gasteiger partial charge in [-0.1, -0.05) is 5.21 Å². The summed E-state index contributed by atoms with van der Waals surface area (Å²) in [5, 5.41) is 10.2. The Hall–Kier alpha value is -4.10. The van der Waals surface area contributed by atoms with E-state index in [1.165, 1.54) is 23.5 Å². The fourth-order valence-electron chi connectivity index (χ4n) is 3.90. The molecule has 0 unspecified atom stereocenters. The lowest BCUT2D eigenvalue weighted by Gasteiger charge is -2.19. The fraction of sp³-hybridized carbons (Fsp3) is 0.238. The molecule has 182 valence electrons. The quantitative estimate of drug-likeness (QED) is 0.414. The van der Waals surface area contributed by atoms with Crippen LogP contribution in [0.1, 0.15) is 16.9 Å². The number of nitrogens with zero attached hydrogens (tertiary/aromatic N) is 5. The number of hydrogen-bond acceptors (Lipinski definition) is 5. The van der Waals surface area contributed by atoms with E-state index >= 15 is 0 Å². The number of benzene rings is 1. The van der Waals surface area contributed by atoms with Crippen molar-refractivity contribution >= 4 is 28.3 Å². The first kappa shape index (κ1) is 22.7. The van der Waals surface area contributed by atoms with Gasteiger partial charge in [0.25, 0.3) is 5.91 Å². The van der Waals surface area contributed by atoms with Crippen LogP contribution in [-0.2, 0) is 0 Å². The maximum absolute atomic E-state index is 14.7. The number of alkyl halides is 3. The van der Waals surface area contributed by atoms with Crippen LogP contribution in [0.5, 0.6) is 0 Å². The third kappa shape index (κ3) is 4.26. The van der Waals surface area contributed by atoms with E-state index in [4.69, 9.17) is 0 Å². The molecular formula is C21H15F6N7O. The number of rotatable bonds is 4. The Labute approximate surface area is 192 Å². The van der Waals surface area contributed by atoms with Gasteiger partial charge in [0.2, 0.25) is 0 Å². The first-order valence-corrected chi connectivity index (χ1v) is 10.3. The van der Waals surface area contributed by atoms with Crippen molar-refractivity contribution in [3.05, 3.63) is 59.9 Å². The summed E-state index contributed by atoms with van der Waals surface area (Å²) in [4.78, 5) is 20.4. The molecule has 1 amide bonds. The lowest BCUT2D eigenvalue weighted by Crippen LogP contribution is -2.28. The predicted molar refractivity (Wildman–Crippen MR) is 112 cm³/mol. The summed E-state index contributed by atoms with van der Waals surface area (Å²) in [5.74, 6) is -5.45. The van der Waals surface area contributed by atoms with Crippen LogP contribution in [0.4, 0.5) is 37.8 Å². The fourth-order valence-corrected chi connectivity index (χ4v) is 3.90. The van der Waals surface area contributed by atoms with Crippen LogP contribution in [-0.4, -0.2) is 50.1 Å². The van der Waals surface area contributed by atoms with Gasteiger partial charge >= 0.3 is 6.18 Å². The number of amides is 1. The number of carbonyl (C=O) groups excluding carboxylic acids is 1. The summed E-state index contributed by atoms with van der Waals surface area (Å²) in [6.45, 7) is -0.365. The molecule has 1 fully saturated rings. The molecule has 4 aromatic rings. The van der Waals surface area contributed by atoms with Gasteiger partial charge in [0.15, 0.2) is 29.0 Å². The predicted octanol–water partition coefficient (Wildman–Crippen LogP) is 4.20. The van der Waals surface area contributed by atoms with Crippen LogP contribution in [0.2, 0.25) is 0 Å². The van der Waals surface area contributed by atoms with Gasteiger partial charge < -0.3 is 15.2 Å². The number of carbonyl (C=O) groups is 1. The van der Waals surface area contributed by atoms with Gasteiger partial charge in [-0.3, -0.25) is 4.79 Å². The van der Waals surface area contributed by atoms with E-state index < -0.39 is 35.5 Å². The maximum atomic E-state index is 14.7. The monoisotopic (exact) mass is 495 g/mol. The minimum absolute atomic E-state index is 0.0193. The molecule has 1 aliphatic heterocycles. The largest absolute Gasteiger partial charge is 0.393 e. The van der Waals surface area contributed by atoms with E-state index in [0.717, 1.165) is 22.9 Å². The van der Waals surface area contributed by atoms with Crippen LogP contribution in [0.25, 0.3) is 16.6 Å². The van der Waals surface area contributed by atoms with Crippen molar-refractivity contribution < 1.29 is 31.1 Å². The zero-order valence-corrected chi connectivity index (χ0v) is 17.6. The van der Waals surface area contributed by atoms with Gasteiger partial charge in [-0.25, -0.2) is 22.8 Å². The van der Waals surface area contributed by atoms with Crippen molar-refractivity contribution in [2.45, 2.75) is 12.6 Å². The zero-order chi connectivity index (χ0) is 24.9. The molecule has 0 saturated carbocycles. The number of hydrogen-bond donors (Lipinski definition) is 2. The normalized spacial score (nSPS) is 16.3. The number of anilines is 2. The third-order valence-corrected chi connectivity index (χ3v) is 5.72. The summed E-state index contributed by atoms with van der Waals surface area (Å²) in [5.41, 5.74) is 0.371. The Kier molecular flexibility index (Phi) is 5.37. The number of fused-ring (bicyclic) bond motifs is 1. The minimum atomic E-state index is -4.36. The van der Waals surface area contributed by atoms with Crippen LogP contribution in [0.15, 0.2) is 36.8 Å². The molecule has 35 heavy (non-hydrogen) atoms. The summed E-state index contributed by atoms with van der Waals surface area (Å²) >= 11 is 0. The molecule has 2 N–H and O–H groups in total. The second kappa shape index (κ2) is 8.29. The Bertz CT molecular complexity index is 1430. The smallest absolute Gasteiger partial charge is 0.359 e. The van der Waals surface area contributed by atoms with Crippen molar-refractivity contribution in [3.63, 3.8) is 0 Å².